The summed E-state index contributed by atoms with van der Waals surface area (Å²) in [7, 11) is 5.29. The lowest BCUT2D eigenvalue weighted by atomic mass is 9.83. The van der Waals surface area contributed by atoms with E-state index in [2.05, 4.69) is 34.1 Å². The second-order valence-electron chi connectivity index (χ2n) is 8.06. The molecule has 2 unspecified atom stereocenters. The number of rotatable bonds is 5. The molecule has 0 spiro atoms. The highest BCUT2D eigenvalue weighted by atomic mass is 16.5. The molecule has 1 fully saturated rings. The van der Waals surface area contributed by atoms with Crippen molar-refractivity contribution < 1.29 is 14.3 Å². The zero-order valence-electron chi connectivity index (χ0n) is 18.3. The van der Waals surface area contributed by atoms with Gasteiger partial charge in [-0.1, -0.05) is 6.07 Å². The third-order valence-corrected chi connectivity index (χ3v) is 6.53. The summed E-state index contributed by atoms with van der Waals surface area (Å²) in [6.45, 7) is 5.35. The van der Waals surface area contributed by atoms with Gasteiger partial charge in [-0.2, -0.15) is 0 Å². The molecule has 2 aromatic rings. The number of carbonyl (C=O) groups is 1. The molecule has 0 radical (unpaired) electrons. The highest BCUT2D eigenvalue weighted by Crippen LogP contribution is 2.39. The van der Waals surface area contributed by atoms with Crippen molar-refractivity contribution in [3.05, 3.63) is 48.0 Å². The molecule has 0 saturated carbocycles. The van der Waals surface area contributed by atoms with E-state index in [0.717, 1.165) is 44.1 Å². The number of benzene rings is 2. The zero-order valence-corrected chi connectivity index (χ0v) is 18.3. The first-order chi connectivity index (χ1) is 14.5. The molecule has 0 aliphatic carbocycles. The van der Waals surface area contributed by atoms with Gasteiger partial charge in [0.15, 0.2) is 0 Å². The van der Waals surface area contributed by atoms with Crippen LogP contribution in [0.3, 0.4) is 0 Å². The van der Waals surface area contributed by atoms with Crippen LogP contribution in [0.15, 0.2) is 42.5 Å². The van der Waals surface area contributed by atoms with Crippen molar-refractivity contribution in [1.29, 1.82) is 0 Å². The van der Waals surface area contributed by atoms with E-state index in [1.54, 1.807) is 14.2 Å². The van der Waals surface area contributed by atoms with Crippen molar-refractivity contribution in [1.82, 2.24) is 4.90 Å². The molecule has 6 heteroatoms. The van der Waals surface area contributed by atoms with E-state index in [1.165, 1.54) is 16.9 Å². The SMILES string of the molecule is CCN(C)C(=O)C1Cc2ccc(OC)cc2N2CCN(c3ccc(OC)cc3)CC12. The molecular weight excluding hydrogens is 378 g/mol. The Kier molecular flexibility index (Phi) is 5.75. The number of methoxy groups -OCH3 is 2. The molecule has 2 atom stereocenters. The van der Waals surface area contributed by atoms with Crippen LogP contribution in [0.25, 0.3) is 0 Å². The average Bonchev–Trinajstić information content (AvgIpc) is 2.81. The fraction of sp³-hybridized carbons (Fsp3) is 0.458. The molecule has 0 bridgehead atoms. The Morgan fingerprint density at radius 1 is 1.07 bits per heavy atom. The number of anilines is 2. The summed E-state index contributed by atoms with van der Waals surface area (Å²) < 4.78 is 10.8. The number of amides is 1. The maximum atomic E-state index is 13.3. The Labute approximate surface area is 179 Å². The summed E-state index contributed by atoms with van der Waals surface area (Å²) in [5.74, 6) is 1.89. The highest BCUT2D eigenvalue weighted by Gasteiger charge is 2.42. The molecule has 2 heterocycles. The van der Waals surface area contributed by atoms with Crippen molar-refractivity contribution >= 4 is 17.3 Å². The maximum absolute atomic E-state index is 13.3. The molecule has 2 aliphatic heterocycles. The predicted octanol–water partition coefficient (Wildman–Crippen LogP) is 3.05. The number of ether oxygens (including phenoxy) is 2. The summed E-state index contributed by atoms with van der Waals surface area (Å²) in [5, 5.41) is 0. The van der Waals surface area contributed by atoms with E-state index >= 15 is 0 Å². The molecule has 2 aliphatic rings. The first-order valence-electron chi connectivity index (χ1n) is 10.6. The van der Waals surface area contributed by atoms with Crippen molar-refractivity contribution in [3.8, 4) is 11.5 Å². The Hall–Kier alpha value is -2.89. The lowest BCUT2D eigenvalue weighted by molar-refractivity contribution is -0.134. The molecule has 2 aromatic carbocycles. The summed E-state index contributed by atoms with van der Waals surface area (Å²) in [4.78, 5) is 19.9. The molecular formula is C24H31N3O3. The summed E-state index contributed by atoms with van der Waals surface area (Å²) in [5.41, 5.74) is 3.60. The van der Waals surface area contributed by atoms with Crippen LogP contribution in [-0.2, 0) is 11.2 Å². The van der Waals surface area contributed by atoms with Crippen LogP contribution in [-0.4, -0.2) is 64.3 Å². The number of hydrogen-bond acceptors (Lipinski definition) is 5. The van der Waals surface area contributed by atoms with E-state index in [1.807, 2.05) is 37.1 Å². The minimum Gasteiger partial charge on any atom is -0.497 e. The van der Waals surface area contributed by atoms with E-state index in [-0.39, 0.29) is 17.9 Å². The van der Waals surface area contributed by atoms with Crippen LogP contribution < -0.4 is 19.3 Å². The Morgan fingerprint density at radius 3 is 2.43 bits per heavy atom. The van der Waals surface area contributed by atoms with Crippen LogP contribution >= 0.6 is 0 Å². The Bertz CT molecular complexity index is 899. The standard InChI is InChI=1S/C24H31N3O3/c1-5-25(2)24(28)21-14-17-6-9-20(30-4)15-22(17)27-13-12-26(16-23(21)27)18-7-10-19(29-3)11-8-18/h6-11,15,21,23H,5,12-14,16H2,1-4H3. The quantitative estimate of drug-likeness (QED) is 0.760. The third-order valence-electron chi connectivity index (χ3n) is 6.53. The van der Waals surface area contributed by atoms with Crippen molar-refractivity contribution in [2.75, 3.05) is 57.2 Å². The fourth-order valence-electron chi connectivity index (χ4n) is 4.66. The largest absolute Gasteiger partial charge is 0.497 e. The molecule has 4 rings (SSSR count). The monoisotopic (exact) mass is 409 g/mol. The molecule has 0 N–H and O–H groups in total. The van der Waals surface area contributed by atoms with E-state index in [0.29, 0.717) is 0 Å². The summed E-state index contributed by atoms with van der Waals surface area (Å²) in [6.07, 6.45) is 0.764. The van der Waals surface area contributed by atoms with Gasteiger partial charge < -0.3 is 24.2 Å². The lowest BCUT2D eigenvalue weighted by Gasteiger charge is -2.50. The van der Waals surface area contributed by atoms with Crippen LogP contribution in [0, 0.1) is 5.92 Å². The maximum Gasteiger partial charge on any atom is 0.227 e. The van der Waals surface area contributed by atoms with E-state index in [4.69, 9.17) is 9.47 Å². The van der Waals surface area contributed by atoms with Gasteiger partial charge in [-0.3, -0.25) is 4.79 Å². The fourth-order valence-corrected chi connectivity index (χ4v) is 4.66. The summed E-state index contributed by atoms with van der Waals surface area (Å²) >= 11 is 0. The van der Waals surface area contributed by atoms with E-state index < -0.39 is 0 Å². The van der Waals surface area contributed by atoms with Gasteiger partial charge in [0.2, 0.25) is 5.91 Å². The highest BCUT2D eigenvalue weighted by molar-refractivity contribution is 5.82. The molecule has 30 heavy (non-hydrogen) atoms. The Morgan fingerprint density at radius 2 is 1.77 bits per heavy atom. The normalized spacial score (nSPS) is 20.3. The summed E-state index contributed by atoms with van der Waals surface area (Å²) in [6, 6.07) is 14.6. The number of hydrogen-bond donors (Lipinski definition) is 0. The predicted molar refractivity (Wildman–Crippen MR) is 120 cm³/mol. The van der Waals surface area contributed by atoms with Crippen LogP contribution in [0.5, 0.6) is 11.5 Å². The molecule has 160 valence electrons. The second-order valence-corrected chi connectivity index (χ2v) is 8.06. The van der Waals surface area contributed by atoms with Crippen LogP contribution in [0.2, 0.25) is 0 Å². The number of piperazine rings is 1. The average molecular weight is 410 g/mol. The lowest BCUT2D eigenvalue weighted by Crippen LogP contribution is -2.61. The van der Waals surface area contributed by atoms with Gasteiger partial charge in [-0.15, -0.1) is 0 Å². The van der Waals surface area contributed by atoms with Gasteiger partial charge in [-0.05, 0) is 49.2 Å². The third kappa shape index (κ3) is 3.66. The minimum absolute atomic E-state index is 0.0584. The zero-order chi connectivity index (χ0) is 21.3. The first-order valence-corrected chi connectivity index (χ1v) is 10.6. The smallest absolute Gasteiger partial charge is 0.227 e. The number of nitrogens with zero attached hydrogens (tertiary/aromatic N) is 3. The Balaban J connectivity index is 1.66. The van der Waals surface area contributed by atoms with Crippen molar-refractivity contribution in [2.45, 2.75) is 19.4 Å². The van der Waals surface area contributed by atoms with Crippen molar-refractivity contribution in [2.24, 2.45) is 5.92 Å². The van der Waals surface area contributed by atoms with Gasteiger partial charge in [0, 0.05) is 50.7 Å². The topological polar surface area (TPSA) is 45.2 Å². The van der Waals surface area contributed by atoms with E-state index in [9.17, 15) is 4.79 Å². The van der Waals surface area contributed by atoms with Gasteiger partial charge >= 0.3 is 0 Å². The molecule has 1 amide bonds. The number of carbonyl (C=O) groups excluding carboxylic acids is 1. The van der Waals surface area contributed by atoms with Crippen LogP contribution in [0.1, 0.15) is 12.5 Å². The first kappa shape index (κ1) is 20.4. The second kappa shape index (κ2) is 8.46. The van der Waals surface area contributed by atoms with Crippen LogP contribution in [0.4, 0.5) is 11.4 Å². The van der Waals surface area contributed by atoms with Gasteiger partial charge in [0.1, 0.15) is 11.5 Å². The van der Waals surface area contributed by atoms with Crippen molar-refractivity contribution in [3.63, 3.8) is 0 Å². The minimum atomic E-state index is -0.0584. The number of fused-ring (bicyclic) bond motifs is 3. The van der Waals surface area contributed by atoms with Gasteiger partial charge in [0.05, 0.1) is 26.2 Å². The van der Waals surface area contributed by atoms with Gasteiger partial charge in [0.25, 0.3) is 0 Å². The molecule has 6 nitrogen and oxygen atoms in total. The molecule has 0 aromatic heterocycles. The van der Waals surface area contributed by atoms with Gasteiger partial charge in [-0.25, -0.2) is 0 Å². The molecule has 1 saturated heterocycles.